The lowest BCUT2D eigenvalue weighted by Crippen LogP contribution is -2.28. The molecule has 0 fully saturated rings. The van der Waals surface area contributed by atoms with Crippen molar-refractivity contribution < 1.29 is 24.2 Å². The number of aromatic nitrogens is 2. The van der Waals surface area contributed by atoms with Crippen LogP contribution in [-0.4, -0.2) is 47.0 Å². The van der Waals surface area contributed by atoms with Crippen molar-refractivity contribution in [2.24, 2.45) is 0 Å². The quantitative estimate of drug-likeness (QED) is 0.486. The molecule has 0 aliphatic heterocycles. The van der Waals surface area contributed by atoms with Crippen LogP contribution in [0, 0.1) is 0 Å². The molecule has 1 aromatic heterocycles. The Hall–Kier alpha value is -3.52. The third-order valence-corrected chi connectivity index (χ3v) is 4.12. The van der Waals surface area contributed by atoms with E-state index in [2.05, 4.69) is 5.10 Å². The van der Waals surface area contributed by atoms with Crippen molar-refractivity contribution in [1.82, 2.24) is 9.78 Å². The number of ether oxygens (including phenoxy) is 2. The summed E-state index contributed by atoms with van der Waals surface area (Å²) in [5.74, 6) is -0.607. The third kappa shape index (κ3) is 3.91. The van der Waals surface area contributed by atoms with Crippen molar-refractivity contribution >= 4 is 22.5 Å². The number of fused-ring (bicyclic) bond motifs is 1. The number of aliphatic hydroxyl groups is 1. The van der Waals surface area contributed by atoms with Crippen LogP contribution in [0.5, 0.6) is 5.75 Å². The Balaban J connectivity index is 1.83. The lowest BCUT2D eigenvalue weighted by molar-refractivity contribution is 0.0468. The van der Waals surface area contributed by atoms with Crippen LogP contribution in [0.4, 0.5) is 0 Å². The van der Waals surface area contributed by atoms with Crippen molar-refractivity contribution in [3.05, 3.63) is 70.1 Å². The minimum absolute atomic E-state index is 0.0608. The highest BCUT2D eigenvalue weighted by Gasteiger charge is 2.19. The lowest BCUT2D eigenvalue weighted by atomic mass is 10.1. The van der Waals surface area contributed by atoms with Gasteiger partial charge in [0, 0.05) is 10.9 Å². The monoisotopic (exact) mass is 382 g/mol. The number of benzene rings is 2. The zero-order chi connectivity index (χ0) is 20.1. The number of rotatable bonds is 7. The average Bonchev–Trinajstić information content (AvgIpc) is 2.74. The first-order valence-electron chi connectivity index (χ1n) is 8.50. The van der Waals surface area contributed by atoms with E-state index in [9.17, 15) is 14.4 Å². The summed E-state index contributed by atoms with van der Waals surface area (Å²) in [6.45, 7) is -0.843. The number of nitrogens with zero attached hydrogens (tertiary/aromatic N) is 2. The molecule has 144 valence electrons. The van der Waals surface area contributed by atoms with E-state index in [0.717, 1.165) is 4.68 Å². The third-order valence-electron chi connectivity index (χ3n) is 4.12. The highest BCUT2D eigenvalue weighted by molar-refractivity contribution is 6.04. The Morgan fingerprint density at radius 3 is 2.39 bits per heavy atom. The van der Waals surface area contributed by atoms with Gasteiger partial charge in [0.15, 0.2) is 18.1 Å². The molecule has 8 heteroatoms. The summed E-state index contributed by atoms with van der Waals surface area (Å²) in [7, 11) is 1.52. The van der Waals surface area contributed by atoms with Crippen LogP contribution in [-0.2, 0) is 11.3 Å². The fourth-order valence-corrected chi connectivity index (χ4v) is 2.69. The second kappa shape index (κ2) is 8.45. The van der Waals surface area contributed by atoms with Gasteiger partial charge in [0.25, 0.3) is 5.56 Å². The second-order valence-corrected chi connectivity index (χ2v) is 5.87. The normalized spacial score (nSPS) is 10.6. The standard InChI is InChI=1S/C20H18N2O6/c1-27-14-8-6-13(7-9-14)17(24)12-28-20(26)18-15-4-2-3-5-16(15)19(25)22(21-18)10-11-23/h2-9,23H,10-12H2,1H3. The molecule has 1 heterocycles. The Bertz CT molecular complexity index is 1070. The Morgan fingerprint density at radius 2 is 1.75 bits per heavy atom. The SMILES string of the molecule is COc1ccc(C(=O)COC(=O)c2nn(CCO)c(=O)c3ccccc23)cc1. The summed E-state index contributed by atoms with van der Waals surface area (Å²) in [6, 6.07) is 12.9. The van der Waals surface area contributed by atoms with Crippen LogP contribution in [0.15, 0.2) is 53.3 Å². The molecule has 0 bridgehead atoms. The smallest absolute Gasteiger partial charge is 0.359 e. The number of hydrogen-bond acceptors (Lipinski definition) is 7. The zero-order valence-corrected chi connectivity index (χ0v) is 15.1. The van der Waals surface area contributed by atoms with E-state index < -0.39 is 18.1 Å². The van der Waals surface area contributed by atoms with E-state index in [4.69, 9.17) is 14.6 Å². The number of methoxy groups -OCH3 is 1. The van der Waals surface area contributed by atoms with Crippen molar-refractivity contribution in [3.63, 3.8) is 0 Å². The maximum atomic E-state index is 12.5. The van der Waals surface area contributed by atoms with Crippen LogP contribution in [0.1, 0.15) is 20.8 Å². The molecule has 0 saturated carbocycles. The first kappa shape index (κ1) is 19.2. The number of hydrogen-bond donors (Lipinski definition) is 1. The minimum Gasteiger partial charge on any atom is -0.497 e. The predicted molar refractivity (Wildman–Crippen MR) is 101 cm³/mol. The summed E-state index contributed by atoms with van der Waals surface area (Å²) in [6.07, 6.45) is 0. The largest absolute Gasteiger partial charge is 0.497 e. The molecule has 2 aromatic carbocycles. The van der Waals surface area contributed by atoms with Gasteiger partial charge >= 0.3 is 5.97 Å². The van der Waals surface area contributed by atoms with Gasteiger partial charge in [0.2, 0.25) is 0 Å². The summed E-state index contributed by atoms with van der Waals surface area (Å²) in [4.78, 5) is 37.1. The van der Waals surface area contributed by atoms with Gasteiger partial charge < -0.3 is 14.6 Å². The van der Waals surface area contributed by atoms with E-state index in [1.54, 1.807) is 48.5 Å². The number of aliphatic hydroxyl groups excluding tert-OH is 1. The molecule has 0 saturated heterocycles. The van der Waals surface area contributed by atoms with Crippen molar-refractivity contribution in [1.29, 1.82) is 0 Å². The summed E-state index contributed by atoms with van der Waals surface area (Å²) >= 11 is 0. The number of carbonyl (C=O) groups excluding carboxylic acids is 2. The van der Waals surface area contributed by atoms with Crippen molar-refractivity contribution in [2.45, 2.75) is 6.54 Å². The fraction of sp³-hybridized carbons (Fsp3) is 0.200. The molecule has 0 unspecified atom stereocenters. The zero-order valence-electron chi connectivity index (χ0n) is 15.1. The van der Waals surface area contributed by atoms with Crippen LogP contribution < -0.4 is 10.3 Å². The van der Waals surface area contributed by atoms with Gasteiger partial charge in [-0.2, -0.15) is 5.10 Å². The van der Waals surface area contributed by atoms with Crippen molar-refractivity contribution in [3.8, 4) is 5.75 Å². The summed E-state index contributed by atoms with van der Waals surface area (Å²) < 4.78 is 11.2. The van der Waals surface area contributed by atoms with E-state index in [1.807, 2.05) is 0 Å². The van der Waals surface area contributed by atoms with Gasteiger partial charge in [0.1, 0.15) is 5.75 Å². The molecule has 0 atom stereocenters. The first-order valence-corrected chi connectivity index (χ1v) is 8.50. The first-order chi connectivity index (χ1) is 13.5. The van der Waals surface area contributed by atoms with E-state index in [0.29, 0.717) is 16.7 Å². The molecule has 0 aliphatic rings. The number of esters is 1. The summed E-state index contributed by atoms with van der Waals surface area (Å²) in [5.41, 5.74) is -0.140. The molecule has 3 rings (SSSR count). The second-order valence-electron chi connectivity index (χ2n) is 5.87. The van der Waals surface area contributed by atoms with E-state index >= 15 is 0 Å². The van der Waals surface area contributed by atoms with Crippen LogP contribution in [0.3, 0.4) is 0 Å². The predicted octanol–water partition coefficient (Wildman–Crippen LogP) is 1.44. The Morgan fingerprint density at radius 1 is 1.07 bits per heavy atom. The fourth-order valence-electron chi connectivity index (χ4n) is 2.69. The summed E-state index contributed by atoms with van der Waals surface area (Å²) in [5, 5.41) is 13.7. The molecule has 8 nitrogen and oxygen atoms in total. The minimum atomic E-state index is -0.829. The maximum absolute atomic E-state index is 12.5. The molecule has 28 heavy (non-hydrogen) atoms. The highest BCUT2D eigenvalue weighted by atomic mass is 16.5. The molecule has 3 aromatic rings. The van der Waals surface area contributed by atoms with Crippen LogP contribution in [0.25, 0.3) is 10.8 Å². The van der Waals surface area contributed by atoms with Gasteiger partial charge in [-0.15, -0.1) is 0 Å². The molecule has 1 N–H and O–H groups in total. The average molecular weight is 382 g/mol. The Labute approximate surface area is 159 Å². The van der Waals surface area contributed by atoms with E-state index in [-0.39, 0.29) is 30.0 Å². The van der Waals surface area contributed by atoms with E-state index in [1.165, 1.54) is 7.11 Å². The van der Waals surface area contributed by atoms with Gasteiger partial charge in [0.05, 0.1) is 25.6 Å². The number of carbonyl (C=O) groups is 2. The number of Topliss-reactive ketones (excluding diaryl/α,β-unsaturated/α-hetero) is 1. The number of ketones is 1. The van der Waals surface area contributed by atoms with Gasteiger partial charge in [-0.25, -0.2) is 9.48 Å². The van der Waals surface area contributed by atoms with Gasteiger partial charge in [-0.1, -0.05) is 18.2 Å². The maximum Gasteiger partial charge on any atom is 0.359 e. The van der Waals surface area contributed by atoms with Crippen molar-refractivity contribution in [2.75, 3.05) is 20.3 Å². The van der Waals surface area contributed by atoms with Gasteiger partial charge in [-0.3, -0.25) is 9.59 Å². The Kier molecular flexibility index (Phi) is 5.81. The molecular formula is C20H18N2O6. The van der Waals surface area contributed by atoms with Gasteiger partial charge in [-0.05, 0) is 30.3 Å². The highest BCUT2D eigenvalue weighted by Crippen LogP contribution is 2.15. The molecule has 0 spiro atoms. The molecule has 0 amide bonds. The van der Waals surface area contributed by atoms with Crippen LogP contribution in [0.2, 0.25) is 0 Å². The topological polar surface area (TPSA) is 108 Å². The lowest BCUT2D eigenvalue weighted by Gasteiger charge is -2.10. The van der Waals surface area contributed by atoms with Crippen LogP contribution >= 0.6 is 0 Å². The molecule has 0 aliphatic carbocycles. The molecule has 0 radical (unpaired) electrons. The molecular weight excluding hydrogens is 364 g/mol.